The summed E-state index contributed by atoms with van der Waals surface area (Å²) in [6.07, 6.45) is 0.0288. The number of para-hydroxylation sites is 1. The van der Waals surface area contributed by atoms with E-state index in [1.54, 1.807) is 14.0 Å². The second-order valence-electron chi connectivity index (χ2n) is 8.10. The average Bonchev–Trinajstić information content (AvgIpc) is 2.99. The molecular formula is C26H31NO4. The van der Waals surface area contributed by atoms with Crippen LogP contribution in [0, 0.1) is 6.92 Å². The topological polar surface area (TPSA) is 57.5 Å². The van der Waals surface area contributed by atoms with Gasteiger partial charge in [-0.1, -0.05) is 44.2 Å². The maximum atomic E-state index is 12.5. The molecule has 0 spiro atoms. The van der Waals surface area contributed by atoms with E-state index in [-0.39, 0.29) is 25.2 Å². The summed E-state index contributed by atoms with van der Waals surface area (Å²) in [5.74, 6) is 0.663. The summed E-state index contributed by atoms with van der Waals surface area (Å²) in [6.45, 7) is 9.08. The van der Waals surface area contributed by atoms with Gasteiger partial charge in [0.25, 0.3) is 0 Å². The molecule has 0 aliphatic heterocycles. The van der Waals surface area contributed by atoms with Gasteiger partial charge in [0, 0.05) is 29.6 Å². The van der Waals surface area contributed by atoms with Gasteiger partial charge in [0.05, 0.1) is 13.7 Å². The van der Waals surface area contributed by atoms with Crippen LogP contribution in [0.1, 0.15) is 55.5 Å². The first-order chi connectivity index (χ1) is 14.8. The zero-order chi connectivity index (χ0) is 22.5. The van der Waals surface area contributed by atoms with Crippen molar-refractivity contribution in [3.8, 4) is 5.75 Å². The summed E-state index contributed by atoms with van der Waals surface area (Å²) in [5.41, 5.74) is 5.46. The molecule has 0 bridgehead atoms. The van der Waals surface area contributed by atoms with Gasteiger partial charge in [-0.3, -0.25) is 9.59 Å². The predicted molar refractivity (Wildman–Crippen MR) is 123 cm³/mol. The first-order valence-electron chi connectivity index (χ1n) is 10.8. The molecule has 5 heteroatoms. The van der Waals surface area contributed by atoms with Crippen LogP contribution in [0.2, 0.25) is 0 Å². The lowest BCUT2D eigenvalue weighted by atomic mass is 9.99. The van der Waals surface area contributed by atoms with Crippen molar-refractivity contribution in [1.82, 2.24) is 4.57 Å². The number of fused-ring (bicyclic) bond motifs is 1. The van der Waals surface area contributed by atoms with Crippen LogP contribution >= 0.6 is 0 Å². The number of hydrogen-bond donors (Lipinski definition) is 0. The van der Waals surface area contributed by atoms with Crippen molar-refractivity contribution >= 4 is 22.7 Å². The highest BCUT2D eigenvalue weighted by atomic mass is 16.5. The van der Waals surface area contributed by atoms with Gasteiger partial charge < -0.3 is 14.0 Å². The Bertz CT molecular complexity index is 1090. The second kappa shape index (κ2) is 9.82. The number of ether oxygens (including phenoxy) is 2. The molecule has 0 saturated carbocycles. The van der Waals surface area contributed by atoms with Gasteiger partial charge in [-0.15, -0.1) is 0 Å². The smallest absolute Gasteiger partial charge is 0.313 e. The van der Waals surface area contributed by atoms with Gasteiger partial charge >= 0.3 is 5.97 Å². The predicted octanol–water partition coefficient (Wildman–Crippen LogP) is 5.19. The van der Waals surface area contributed by atoms with Crippen LogP contribution in [0.15, 0.2) is 42.5 Å². The molecule has 1 aromatic heterocycles. The van der Waals surface area contributed by atoms with E-state index in [4.69, 9.17) is 9.47 Å². The molecule has 2 aromatic carbocycles. The number of carbonyl (C=O) groups is 2. The zero-order valence-electron chi connectivity index (χ0n) is 19.0. The Labute approximate surface area is 184 Å². The first kappa shape index (κ1) is 22.6. The van der Waals surface area contributed by atoms with Gasteiger partial charge in [-0.25, -0.2) is 0 Å². The number of esters is 1. The van der Waals surface area contributed by atoms with Crippen molar-refractivity contribution in [2.45, 2.75) is 53.0 Å². The van der Waals surface area contributed by atoms with Crippen LogP contribution in [-0.4, -0.2) is 30.0 Å². The van der Waals surface area contributed by atoms with Crippen LogP contribution < -0.4 is 4.74 Å². The van der Waals surface area contributed by atoms with E-state index in [9.17, 15) is 9.59 Å². The number of hydrogen-bond acceptors (Lipinski definition) is 4. The standard InChI is InChI=1S/C26H31NO4/c1-6-31-26(29)15-20(28)14-23-18(4)27(24-10-8-7-9-21(23)24)16-19-11-12-25(30-5)22(13-19)17(2)3/h7-13,17H,6,14-16H2,1-5H3. The number of nitrogens with zero attached hydrogens (tertiary/aromatic N) is 1. The molecule has 164 valence electrons. The van der Waals surface area contributed by atoms with Gasteiger partial charge in [-0.2, -0.15) is 0 Å². The maximum Gasteiger partial charge on any atom is 0.313 e. The van der Waals surface area contributed by atoms with Gasteiger partial charge in [-0.05, 0) is 48.6 Å². The molecule has 0 amide bonds. The van der Waals surface area contributed by atoms with Crippen molar-refractivity contribution in [1.29, 1.82) is 0 Å². The summed E-state index contributed by atoms with van der Waals surface area (Å²) >= 11 is 0. The van der Waals surface area contributed by atoms with Gasteiger partial charge in [0.2, 0.25) is 0 Å². The number of carbonyl (C=O) groups excluding carboxylic acids is 2. The number of methoxy groups -OCH3 is 1. The number of aromatic nitrogens is 1. The Kier molecular flexibility index (Phi) is 7.16. The molecule has 3 rings (SSSR count). The van der Waals surface area contributed by atoms with Crippen LogP contribution in [-0.2, 0) is 27.3 Å². The minimum absolute atomic E-state index is 0.129. The Morgan fingerprint density at radius 3 is 2.52 bits per heavy atom. The SMILES string of the molecule is CCOC(=O)CC(=O)Cc1c(C)n(Cc2ccc(OC)c(C(C)C)c2)c2ccccc12. The molecule has 31 heavy (non-hydrogen) atoms. The number of rotatable bonds is 9. The number of Topliss-reactive ketones (excluding diaryl/α,β-unsaturated/α-hetero) is 1. The van der Waals surface area contributed by atoms with Gasteiger partial charge in [0.15, 0.2) is 0 Å². The van der Waals surface area contributed by atoms with Crippen molar-refractivity contribution in [3.63, 3.8) is 0 Å². The molecule has 3 aromatic rings. The highest BCUT2D eigenvalue weighted by molar-refractivity contribution is 5.99. The second-order valence-corrected chi connectivity index (χ2v) is 8.10. The Morgan fingerprint density at radius 1 is 1.10 bits per heavy atom. The largest absolute Gasteiger partial charge is 0.496 e. The average molecular weight is 422 g/mol. The van der Waals surface area contributed by atoms with Crippen molar-refractivity contribution in [3.05, 3.63) is 64.8 Å². The molecular weight excluding hydrogens is 390 g/mol. The van der Waals surface area contributed by atoms with Crippen molar-refractivity contribution in [2.24, 2.45) is 0 Å². The molecule has 1 heterocycles. The Morgan fingerprint density at radius 2 is 1.84 bits per heavy atom. The summed E-state index contributed by atoms with van der Waals surface area (Å²) in [5, 5.41) is 1.05. The third-order valence-electron chi connectivity index (χ3n) is 5.64. The minimum Gasteiger partial charge on any atom is -0.496 e. The lowest BCUT2D eigenvalue weighted by Crippen LogP contribution is -2.13. The third-order valence-corrected chi connectivity index (χ3v) is 5.64. The molecule has 0 aliphatic carbocycles. The summed E-state index contributed by atoms with van der Waals surface area (Å²) in [6, 6.07) is 14.4. The van der Waals surface area contributed by atoms with E-state index in [0.717, 1.165) is 27.9 Å². The van der Waals surface area contributed by atoms with Crippen LogP contribution in [0.25, 0.3) is 10.9 Å². The monoisotopic (exact) mass is 421 g/mol. The van der Waals surface area contributed by atoms with E-state index >= 15 is 0 Å². The van der Waals surface area contributed by atoms with Gasteiger partial charge in [0.1, 0.15) is 18.0 Å². The summed E-state index contributed by atoms with van der Waals surface area (Å²) < 4.78 is 12.7. The van der Waals surface area contributed by atoms with Crippen molar-refractivity contribution < 1.29 is 19.1 Å². The highest BCUT2D eigenvalue weighted by Crippen LogP contribution is 2.30. The Hall–Kier alpha value is -3.08. The molecule has 0 aliphatic rings. The number of benzene rings is 2. The third kappa shape index (κ3) is 4.98. The molecule has 5 nitrogen and oxygen atoms in total. The summed E-state index contributed by atoms with van der Waals surface area (Å²) in [4.78, 5) is 24.2. The Balaban J connectivity index is 1.96. The first-order valence-corrected chi connectivity index (χ1v) is 10.8. The molecule has 0 radical (unpaired) electrons. The molecule has 0 saturated heterocycles. The van der Waals surface area contributed by atoms with E-state index in [0.29, 0.717) is 12.5 Å². The normalized spacial score (nSPS) is 11.2. The summed E-state index contributed by atoms with van der Waals surface area (Å²) in [7, 11) is 1.70. The van der Waals surface area contributed by atoms with Crippen LogP contribution in [0.4, 0.5) is 0 Å². The lowest BCUT2D eigenvalue weighted by Gasteiger charge is -2.15. The lowest BCUT2D eigenvalue weighted by molar-refractivity contribution is -0.145. The number of ketones is 1. The van der Waals surface area contributed by atoms with E-state index < -0.39 is 5.97 Å². The minimum atomic E-state index is -0.465. The van der Waals surface area contributed by atoms with E-state index in [1.807, 2.05) is 31.2 Å². The molecule has 0 fully saturated rings. The van der Waals surface area contributed by atoms with E-state index in [1.165, 1.54) is 11.1 Å². The van der Waals surface area contributed by atoms with Crippen molar-refractivity contribution in [2.75, 3.05) is 13.7 Å². The molecule has 0 N–H and O–H groups in total. The van der Waals surface area contributed by atoms with E-state index in [2.05, 4.69) is 36.6 Å². The molecule has 0 atom stereocenters. The fourth-order valence-electron chi connectivity index (χ4n) is 4.08. The quantitative estimate of drug-likeness (QED) is 0.352. The fourth-order valence-corrected chi connectivity index (χ4v) is 4.08. The highest BCUT2D eigenvalue weighted by Gasteiger charge is 2.19. The van der Waals surface area contributed by atoms with Crippen LogP contribution in [0.5, 0.6) is 5.75 Å². The fraction of sp³-hybridized carbons (Fsp3) is 0.385. The zero-order valence-corrected chi connectivity index (χ0v) is 19.0. The van der Waals surface area contributed by atoms with Crippen LogP contribution in [0.3, 0.4) is 0 Å². The molecule has 0 unspecified atom stereocenters. The maximum absolute atomic E-state index is 12.5.